The van der Waals surface area contributed by atoms with Crippen LogP contribution in [0.4, 0.5) is 0 Å². The van der Waals surface area contributed by atoms with Crippen molar-refractivity contribution in [2.24, 2.45) is 0 Å². The van der Waals surface area contributed by atoms with Gasteiger partial charge in [0, 0.05) is 23.5 Å². The fraction of sp³-hybridized carbons (Fsp3) is 0.538. The Kier molecular flexibility index (Phi) is 6.78. The molecule has 0 aliphatic rings. The van der Waals surface area contributed by atoms with Gasteiger partial charge in [-0.25, -0.2) is 0 Å². The van der Waals surface area contributed by atoms with E-state index in [0.29, 0.717) is 13.2 Å². The highest BCUT2D eigenvalue weighted by Gasteiger charge is 2.30. The van der Waals surface area contributed by atoms with E-state index in [1.54, 1.807) is 18.9 Å². The van der Waals surface area contributed by atoms with Crippen LogP contribution in [0, 0.1) is 0 Å². The Hall–Kier alpha value is -0.493. The number of methoxy groups -OCH3 is 1. The molecule has 0 N–H and O–H groups in total. The lowest BCUT2D eigenvalue weighted by atomic mass is 10.3. The van der Waals surface area contributed by atoms with Gasteiger partial charge in [-0.3, -0.25) is 0 Å². The van der Waals surface area contributed by atoms with Crippen LogP contribution in [0.3, 0.4) is 0 Å². The minimum absolute atomic E-state index is 0.714. The van der Waals surface area contributed by atoms with Crippen molar-refractivity contribution in [1.82, 2.24) is 0 Å². The number of benzene rings is 1. The standard InChI is InChI=1S/C13H22O3SSi/c1-5-15-18(4,16-6-2)11-17-13-9-7-12(14-3)8-10-13/h7-10H,5-6,11H2,1-4H3. The largest absolute Gasteiger partial charge is 0.497 e. The maximum atomic E-state index is 5.81. The van der Waals surface area contributed by atoms with E-state index in [-0.39, 0.29) is 0 Å². The number of thioether (sulfide) groups is 1. The molecule has 0 radical (unpaired) electrons. The van der Waals surface area contributed by atoms with E-state index in [1.807, 2.05) is 26.0 Å². The van der Waals surface area contributed by atoms with Crippen molar-refractivity contribution < 1.29 is 13.6 Å². The summed E-state index contributed by atoms with van der Waals surface area (Å²) in [5.74, 6) is 0.883. The molecular weight excluding hydrogens is 264 g/mol. The van der Waals surface area contributed by atoms with E-state index in [1.165, 1.54) is 4.90 Å². The zero-order valence-electron chi connectivity index (χ0n) is 11.6. The van der Waals surface area contributed by atoms with Crippen molar-refractivity contribution in [1.29, 1.82) is 0 Å². The van der Waals surface area contributed by atoms with Crippen LogP contribution >= 0.6 is 11.8 Å². The van der Waals surface area contributed by atoms with Crippen LogP contribution in [0.1, 0.15) is 13.8 Å². The van der Waals surface area contributed by atoms with Crippen molar-refractivity contribution in [2.75, 3.05) is 25.7 Å². The van der Waals surface area contributed by atoms with Crippen LogP contribution in [-0.4, -0.2) is 34.3 Å². The Labute approximate surface area is 115 Å². The third-order valence-electron chi connectivity index (χ3n) is 2.46. The molecule has 0 spiro atoms. The third-order valence-corrected chi connectivity index (χ3v) is 7.54. The quantitative estimate of drug-likeness (QED) is 0.540. The summed E-state index contributed by atoms with van der Waals surface area (Å²) in [6, 6.07) is 8.08. The molecule has 102 valence electrons. The number of hydrogen-bond donors (Lipinski definition) is 0. The predicted octanol–water partition coefficient (Wildman–Crippen LogP) is 3.47. The minimum Gasteiger partial charge on any atom is -0.497 e. The van der Waals surface area contributed by atoms with Crippen molar-refractivity contribution in [2.45, 2.75) is 25.3 Å². The summed E-state index contributed by atoms with van der Waals surface area (Å²) in [6.45, 7) is 7.58. The van der Waals surface area contributed by atoms with Crippen LogP contribution in [0.25, 0.3) is 0 Å². The first kappa shape index (κ1) is 15.6. The highest BCUT2D eigenvalue weighted by atomic mass is 32.2. The van der Waals surface area contributed by atoms with E-state index in [0.717, 1.165) is 11.1 Å². The number of ether oxygens (including phenoxy) is 1. The van der Waals surface area contributed by atoms with Crippen LogP contribution in [0.2, 0.25) is 6.55 Å². The third kappa shape index (κ3) is 5.02. The molecule has 0 heterocycles. The zero-order valence-corrected chi connectivity index (χ0v) is 13.4. The SMILES string of the molecule is CCO[Si](C)(CSc1ccc(OC)cc1)OCC. The van der Waals surface area contributed by atoms with Gasteiger partial charge in [-0.1, -0.05) is 0 Å². The smallest absolute Gasteiger partial charge is 0.345 e. The molecule has 1 rings (SSSR count). The van der Waals surface area contributed by atoms with E-state index in [9.17, 15) is 0 Å². The normalized spacial score (nSPS) is 11.6. The van der Waals surface area contributed by atoms with Crippen molar-refractivity contribution in [3.05, 3.63) is 24.3 Å². The molecule has 0 unspecified atom stereocenters. The van der Waals surface area contributed by atoms with Crippen LogP contribution < -0.4 is 4.74 Å². The van der Waals surface area contributed by atoms with Gasteiger partial charge in [-0.2, -0.15) is 0 Å². The van der Waals surface area contributed by atoms with Crippen LogP contribution in [-0.2, 0) is 8.85 Å². The van der Waals surface area contributed by atoms with Gasteiger partial charge in [0.1, 0.15) is 5.75 Å². The van der Waals surface area contributed by atoms with E-state index < -0.39 is 8.56 Å². The lowest BCUT2D eigenvalue weighted by Gasteiger charge is -2.25. The molecule has 5 heteroatoms. The summed E-state index contributed by atoms with van der Waals surface area (Å²) in [4.78, 5) is 1.22. The van der Waals surface area contributed by atoms with Gasteiger partial charge in [0.15, 0.2) is 0 Å². The van der Waals surface area contributed by atoms with Gasteiger partial charge in [0.05, 0.1) is 7.11 Å². The molecule has 1 aromatic rings. The first-order valence-electron chi connectivity index (χ1n) is 6.18. The Morgan fingerprint density at radius 3 is 2.06 bits per heavy atom. The van der Waals surface area contributed by atoms with E-state index in [2.05, 4.69) is 18.7 Å². The molecule has 0 aliphatic heterocycles. The highest BCUT2D eigenvalue weighted by Crippen LogP contribution is 2.25. The van der Waals surface area contributed by atoms with Crippen molar-refractivity contribution in [3.8, 4) is 5.75 Å². The lowest BCUT2D eigenvalue weighted by molar-refractivity contribution is 0.195. The van der Waals surface area contributed by atoms with Gasteiger partial charge in [0.25, 0.3) is 0 Å². The molecule has 18 heavy (non-hydrogen) atoms. The first-order valence-corrected chi connectivity index (χ1v) is 9.69. The fourth-order valence-electron chi connectivity index (χ4n) is 1.62. The second-order valence-corrected chi connectivity index (χ2v) is 8.72. The molecule has 0 saturated heterocycles. The van der Waals surface area contributed by atoms with Gasteiger partial charge in [-0.05, 0) is 44.7 Å². The summed E-state index contributed by atoms with van der Waals surface area (Å²) in [6.07, 6.45) is 0. The molecule has 1 aromatic carbocycles. The van der Waals surface area contributed by atoms with Gasteiger partial charge in [0.2, 0.25) is 0 Å². The Morgan fingerprint density at radius 1 is 1.06 bits per heavy atom. The van der Waals surface area contributed by atoms with Gasteiger partial charge < -0.3 is 13.6 Å². The fourth-order valence-corrected chi connectivity index (χ4v) is 5.64. The Balaban J connectivity index is 2.55. The summed E-state index contributed by atoms with van der Waals surface area (Å²) in [5.41, 5.74) is 0. The maximum absolute atomic E-state index is 5.81. The molecule has 0 bridgehead atoms. The molecular formula is C13H22O3SSi. The van der Waals surface area contributed by atoms with Gasteiger partial charge >= 0.3 is 8.56 Å². The van der Waals surface area contributed by atoms with E-state index >= 15 is 0 Å². The summed E-state index contributed by atoms with van der Waals surface area (Å²) >= 11 is 1.78. The zero-order chi connectivity index (χ0) is 13.4. The minimum atomic E-state index is -2.02. The number of rotatable bonds is 8. The topological polar surface area (TPSA) is 27.7 Å². The average Bonchev–Trinajstić information content (AvgIpc) is 2.38. The summed E-state index contributed by atoms with van der Waals surface area (Å²) in [7, 11) is -0.346. The second-order valence-electron chi connectivity index (χ2n) is 3.96. The van der Waals surface area contributed by atoms with Crippen molar-refractivity contribution >= 4 is 20.3 Å². The molecule has 0 amide bonds. The highest BCUT2D eigenvalue weighted by molar-refractivity contribution is 8.00. The average molecular weight is 286 g/mol. The van der Waals surface area contributed by atoms with Gasteiger partial charge in [-0.15, -0.1) is 11.8 Å². The molecule has 0 saturated carbocycles. The van der Waals surface area contributed by atoms with Crippen molar-refractivity contribution in [3.63, 3.8) is 0 Å². The molecule has 0 atom stereocenters. The monoisotopic (exact) mass is 286 g/mol. The summed E-state index contributed by atoms with van der Waals surface area (Å²) < 4.78 is 16.8. The summed E-state index contributed by atoms with van der Waals surface area (Å²) in [5, 5.41) is 0.904. The Bertz CT molecular complexity index is 337. The molecule has 0 aromatic heterocycles. The molecule has 3 nitrogen and oxygen atoms in total. The second kappa shape index (κ2) is 7.84. The maximum Gasteiger partial charge on any atom is 0.345 e. The molecule has 0 aliphatic carbocycles. The van der Waals surface area contributed by atoms with Crippen LogP contribution in [0.5, 0.6) is 5.75 Å². The molecule has 0 fully saturated rings. The van der Waals surface area contributed by atoms with E-state index in [4.69, 9.17) is 13.6 Å². The predicted molar refractivity (Wildman–Crippen MR) is 78.6 cm³/mol. The lowest BCUT2D eigenvalue weighted by Crippen LogP contribution is -2.42. The first-order chi connectivity index (χ1) is 8.63. The van der Waals surface area contributed by atoms with Crippen LogP contribution in [0.15, 0.2) is 29.2 Å². The number of hydrogen-bond acceptors (Lipinski definition) is 4. The Morgan fingerprint density at radius 2 is 1.61 bits per heavy atom.